The van der Waals surface area contributed by atoms with Crippen LogP contribution in [0.15, 0.2) is 173 Å². The molecule has 0 unspecified atom stereocenters. The highest BCUT2D eigenvalue weighted by Gasteiger charge is 2.25. The summed E-state index contributed by atoms with van der Waals surface area (Å²) in [4.78, 5) is 0. The van der Waals surface area contributed by atoms with Crippen molar-refractivity contribution in [2.24, 2.45) is 0 Å². The summed E-state index contributed by atoms with van der Waals surface area (Å²) in [6.45, 7) is 0. The van der Waals surface area contributed by atoms with E-state index < -0.39 is 0 Å². The number of benzene rings is 8. The first-order valence-corrected chi connectivity index (χ1v) is 18.1. The predicted molar refractivity (Wildman–Crippen MR) is 220 cm³/mol. The second kappa shape index (κ2) is 10.7. The Morgan fingerprint density at radius 3 is 1.52 bits per heavy atom. The summed E-state index contributed by atoms with van der Waals surface area (Å²) >= 11 is 0. The van der Waals surface area contributed by atoms with Gasteiger partial charge in [0.2, 0.25) is 0 Å². The minimum absolute atomic E-state index is 0.584. The Labute approximate surface area is 307 Å². The number of hydrogen-bond acceptors (Lipinski definition) is 3. The Morgan fingerprint density at radius 1 is 0.389 bits per heavy atom. The lowest BCUT2D eigenvalue weighted by Gasteiger charge is -2.19. The number of para-hydroxylation sites is 6. The van der Waals surface area contributed by atoms with E-state index in [4.69, 9.17) is 8.83 Å². The van der Waals surface area contributed by atoms with E-state index in [1.807, 2.05) is 42.5 Å². The Hall–Kier alpha value is -7.55. The second-order valence-electron chi connectivity index (χ2n) is 13.9. The Bertz CT molecular complexity index is 3590. The molecule has 0 saturated carbocycles. The average molecular weight is 690 g/mol. The first-order chi connectivity index (χ1) is 26.8. The zero-order valence-corrected chi connectivity index (χ0v) is 28.7. The summed E-state index contributed by atoms with van der Waals surface area (Å²) in [7, 11) is 0. The van der Waals surface area contributed by atoms with Crippen LogP contribution < -0.4 is 0 Å². The van der Waals surface area contributed by atoms with Crippen LogP contribution in [0.3, 0.4) is 0 Å². The third-order valence-electron chi connectivity index (χ3n) is 11.2. The van der Waals surface area contributed by atoms with Gasteiger partial charge < -0.3 is 18.0 Å². The largest absolute Gasteiger partial charge is 0.455 e. The van der Waals surface area contributed by atoms with Gasteiger partial charge in [0.05, 0.1) is 49.8 Å². The summed E-state index contributed by atoms with van der Waals surface area (Å²) in [5.41, 5.74) is 12.0. The van der Waals surface area contributed by atoms with Gasteiger partial charge in [-0.25, -0.2) is 0 Å². The number of furan rings is 2. The molecular weight excluding hydrogens is 663 g/mol. The molecule has 0 saturated heterocycles. The lowest BCUT2D eigenvalue weighted by atomic mass is 9.98. The van der Waals surface area contributed by atoms with E-state index in [1.165, 1.54) is 0 Å². The van der Waals surface area contributed by atoms with Crippen LogP contribution in [0.4, 0.5) is 0 Å². The number of hydrogen-bond donors (Lipinski definition) is 0. The van der Waals surface area contributed by atoms with Gasteiger partial charge >= 0.3 is 0 Å². The molecule has 5 nitrogen and oxygen atoms in total. The van der Waals surface area contributed by atoms with Crippen molar-refractivity contribution in [1.29, 1.82) is 5.26 Å². The molecule has 0 N–H and O–H groups in total. The van der Waals surface area contributed by atoms with Gasteiger partial charge in [0.1, 0.15) is 28.4 Å². The number of aromatic nitrogens is 2. The number of fused-ring (bicyclic) bond motifs is 14. The van der Waals surface area contributed by atoms with Gasteiger partial charge in [0.25, 0.3) is 0 Å². The monoisotopic (exact) mass is 689 g/mol. The van der Waals surface area contributed by atoms with E-state index in [9.17, 15) is 5.26 Å². The third-order valence-corrected chi connectivity index (χ3v) is 11.2. The van der Waals surface area contributed by atoms with Crippen molar-refractivity contribution in [3.05, 3.63) is 169 Å². The fraction of sp³-hybridized carbons (Fsp3) is 0. The molecule has 0 amide bonds. The predicted octanol–water partition coefficient (Wildman–Crippen LogP) is 13.2. The van der Waals surface area contributed by atoms with Crippen molar-refractivity contribution in [2.45, 2.75) is 0 Å². The minimum Gasteiger partial charge on any atom is -0.455 e. The zero-order valence-electron chi connectivity index (χ0n) is 28.7. The van der Waals surface area contributed by atoms with Crippen molar-refractivity contribution < 1.29 is 8.83 Å². The van der Waals surface area contributed by atoms with E-state index in [0.29, 0.717) is 5.56 Å². The highest BCUT2D eigenvalue weighted by atomic mass is 16.3. The van der Waals surface area contributed by atoms with E-state index in [2.05, 4.69) is 137 Å². The molecule has 0 aliphatic carbocycles. The smallest absolute Gasteiger partial charge is 0.145 e. The Kier molecular flexibility index (Phi) is 5.78. The van der Waals surface area contributed by atoms with Crippen LogP contribution in [0.1, 0.15) is 5.56 Å². The topological polar surface area (TPSA) is 59.9 Å². The van der Waals surface area contributed by atoms with Gasteiger partial charge in [-0.2, -0.15) is 5.26 Å². The molecular formula is C49H27N3O2. The molecule has 0 atom stereocenters. The molecule has 5 heteroatoms. The van der Waals surface area contributed by atoms with E-state index in [-0.39, 0.29) is 0 Å². The van der Waals surface area contributed by atoms with Crippen LogP contribution in [-0.4, -0.2) is 9.13 Å². The summed E-state index contributed by atoms with van der Waals surface area (Å²) in [5.74, 6) is 0. The quantitative estimate of drug-likeness (QED) is 0.185. The highest BCUT2D eigenvalue weighted by Crippen LogP contribution is 2.46. The van der Waals surface area contributed by atoms with Crippen LogP contribution >= 0.6 is 0 Å². The average Bonchev–Trinajstić information content (AvgIpc) is 3.98. The van der Waals surface area contributed by atoms with Gasteiger partial charge in [0.15, 0.2) is 0 Å². The van der Waals surface area contributed by atoms with Crippen molar-refractivity contribution in [1.82, 2.24) is 9.13 Å². The lowest BCUT2D eigenvalue weighted by molar-refractivity contribution is 0.672. The van der Waals surface area contributed by atoms with Crippen LogP contribution in [0, 0.1) is 11.3 Å². The summed E-state index contributed by atoms with van der Waals surface area (Å²) in [6, 6.07) is 59.2. The molecule has 4 heterocycles. The van der Waals surface area contributed by atoms with E-state index >= 15 is 0 Å². The Morgan fingerprint density at radius 2 is 0.889 bits per heavy atom. The summed E-state index contributed by atoms with van der Waals surface area (Å²) in [5, 5.41) is 19.5. The summed E-state index contributed by atoms with van der Waals surface area (Å²) in [6.07, 6.45) is 0. The van der Waals surface area contributed by atoms with Crippen LogP contribution in [0.5, 0.6) is 0 Å². The van der Waals surface area contributed by atoms with E-state index in [0.717, 1.165) is 110 Å². The second-order valence-corrected chi connectivity index (χ2v) is 13.9. The molecule has 0 fully saturated rings. The third kappa shape index (κ3) is 3.76. The molecule has 250 valence electrons. The first-order valence-electron chi connectivity index (χ1n) is 18.1. The zero-order chi connectivity index (χ0) is 35.5. The standard InChI is InChI=1S/C49H27N3O2/c50-28-29-12-11-18-33(47(29)52-40-21-8-3-17-37(40)46-42(52)27-25-35-32-15-5-10-23-44(32)54-49(35)46)30-13-1-6-19-38(30)51-39-20-7-2-16-36(39)45-41(51)26-24-34-31-14-4-9-22-43(31)53-48(34)45/h1-27H. The minimum atomic E-state index is 0.584. The fourth-order valence-electron chi connectivity index (χ4n) is 8.96. The van der Waals surface area contributed by atoms with Crippen LogP contribution in [-0.2, 0) is 0 Å². The van der Waals surface area contributed by atoms with Crippen molar-refractivity contribution in [3.8, 4) is 28.6 Å². The Balaban J connectivity index is 1.19. The molecule has 4 aromatic heterocycles. The summed E-state index contributed by atoms with van der Waals surface area (Å²) < 4.78 is 17.8. The molecule has 8 aromatic carbocycles. The van der Waals surface area contributed by atoms with Crippen molar-refractivity contribution in [3.63, 3.8) is 0 Å². The molecule has 0 bridgehead atoms. The maximum Gasteiger partial charge on any atom is 0.145 e. The molecule has 12 aromatic rings. The maximum absolute atomic E-state index is 10.8. The van der Waals surface area contributed by atoms with Gasteiger partial charge in [-0.05, 0) is 60.7 Å². The van der Waals surface area contributed by atoms with Crippen molar-refractivity contribution in [2.75, 3.05) is 0 Å². The molecule has 0 aliphatic heterocycles. The van der Waals surface area contributed by atoms with Crippen LogP contribution in [0.25, 0.3) is 110 Å². The van der Waals surface area contributed by atoms with Crippen molar-refractivity contribution >= 4 is 87.5 Å². The first kappa shape index (κ1) is 29.1. The van der Waals surface area contributed by atoms with Gasteiger partial charge in [0, 0.05) is 43.4 Å². The number of nitriles is 1. The van der Waals surface area contributed by atoms with Gasteiger partial charge in [-0.3, -0.25) is 0 Å². The number of rotatable bonds is 3. The molecule has 0 radical (unpaired) electrons. The normalized spacial score (nSPS) is 12.1. The molecule has 12 rings (SSSR count). The van der Waals surface area contributed by atoms with Crippen LogP contribution in [0.2, 0.25) is 0 Å². The molecule has 0 aliphatic rings. The lowest BCUT2D eigenvalue weighted by Crippen LogP contribution is -2.03. The fourth-order valence-corrected chi connectivity index (χ4v) is 8.96. The SMILES string of the molecule is N#Cc1cccc(-c2ccccc2-n2c3ccccc3c3c4oc5ccccc5c4ccc32)c1-n1c2ccccc2c2c3oc4ccccc4c3ccc21. The highest BCUT2D eigenvalue weighted by molar-refractivity contribution is 6.25. The van der Waals surface area contributed by atoms with Gasteiger partial charge in [-0.1, -0.05) is 103 Å². The number of nitrogens with zero attached hydrogens (tertiary/aromatic N) is 3. The maximum atomic E-state index is 10.8. The molecule has 54 heavy (non-hydrogen) atoms. The van der Waals surface area contributed by atoms with Gasteiger partial charge in [-0.15, -0.1) is 0 Å². The van der Waals surface area contributed by atoms with E-state index in [1.54, 1.807) is 0 Å². The molecule has 0 spiro atoms.